The highest BCUT2D eigenvalue weighted by Crippen LogP contribution is 2.35. The molecule has 1 unspecified atom stereocenters. The highest BCUT2D eigenvalue weighted by Gasteiger charge is 2.21. The minimum absolute atomic E-state index is 0.0385. The summed E-state index contributed by atoms with van der Waals surface area (Å²) < 4.78 is 0.759. The molecule has 3 aromatic carbocycles. The Balaban J connectivity index is 1.36. The molecule has 3 amide bonds. The number of carboxylic acid groups (broad SMARTS) is 1. The van der Waals surface area contributed by atoms with Crippen molar-refractivity contribution in [1.82, 2.24) is 15.6 Å². The van der Waals surface area contributed by atoms with Crippen LogP contribution < -0.4 is 16.0 Å². The normalized spacial score (nSPS) is 14.3. The van der Waals surface area contributed by atoms with Gasteiger partial charge in [0.05, 0.1) is 22.2 Å². The quantitative estimate of drug-likeness (QED) is 0.152. The number of thiazole rings is 1. The van der Waals surface area contributed by atoms with Crippen molar-refractivity contribution in [2.75, 3.05) is 11.9 Å². The minimum Gasteiger partial charge on any atom is -0.481 e. The van der Waals surface area contributed by atoms with Crippen LogP contribution in [0.15, 0.2) is 60.7 Å². The number of amides is 3. The number of hydrogen-bond donors (Lipinski definition) is 4. The Hall–Kier alpha value is -3.66. The largest absolute Gasteiger partial charge is 0.481 e. The average Bonchev–Trinajstić information content (AvgIpc) is 3.39. The monoisotopic (exact) mass is 624 g/mol. The molecule has 0 bridgehead atoms. The molecule has 8 nitrogen and oxygen atoms in total. The summed E-state index contributed by atoms with van der Waals surface area (Å²) in [4.78, 5) is 40.9. The number of nitrogens with zero attached hydrogens (tertiary/aromatic N) is 1. The first kappa shape index (κ1) is 29.8. The molecule has 0 aliphatic heterocycles. The number of halogens is 2. The van der Waals surface area contributed by atoms with Crippen molar-refractivity contribution in [3.8, 4) is 0 Å². The van der Waals surface area contributed by atoms with Crippen molar-refractivity contribution in [1.29, 1.82) is 0 Å². The summed E-state index contributed by atoms with van der Waals surface area (Å²) in [6.45, 7) is 0.0385. The van der Waals surface area contributed by atoms with E-state index in [1.54, 1.807) is 36.4 Å². The molecule has 218 valence electrons. The molecule has 0 saturated heterocycles. The summed E-state index contributed by atoms with van der Waals surface area (Å²) in [7, 11) is 0. The van der Waals surface area contributed by atoms with Crippen LogP contribution in [0.4, 0.5) is 9.93 Å². The molecule has 0 spiro atoms. The summed E-state index contributed by atoms with van der Waals surface area (Å²) in [5, 5.41) is 18.6. The van der Waals surface area contributed by atoms with Crippen LogP contribution in [0.5, 0.6) is 0 Å². The standard InChI is InChI=1S/C31H30Cl2N4O4S/c32-23-16-24(33)28-25(17-23)42-31(36-28)37-30(41)35-27(20-8-6-19(7-9-20)18-4-2-1-3-5-18)21-10-12-22(13-11-21)29(40)34-15-14-26(38)39/h6-13,16-18,27H,1-5,14-15H2,(H,34,40)(H,38,39)(H2,35,36,37,41). The van der Waals surface area contributed by atoms with E-state index in [-0.39, 0.29) is 18.9 Å². The lowest BCUT2D eigenvalue weighted by Gasteiger charge is -2.24. The van der Waals surface area contributed by atoms with Crippen molar-refractivity contribution in [3.05, 3.63) is 93.0 Å². The number of rotatable bonds is 9. The van der Waals surface area contributed by atoms with Gasteiger partial charge < -0.3 is 15.7 Å². The van der Waals surface area contributed by atoms with Gasteiger partial charge in [-0.15, -0.1) is 0 Å². The maximum atomic E-state index is 13.2. The molecule has 42 heavy (non-hydrogen) atoms. The SMILES string of the molecule is O=C(O)CCNC(=O)c1ccc(C(NC(=O)Nc2nc3c(Cl)cc(Cl)cc3s2)c2ccc(C3CCCCC3)cc2)cc1. The van der Waals surface area contributed by atoms with E-state index in [1.807, 2.05) is 12.1 Å². The number of carbonyl (C=O) groups is 3. The summed E-state index contributed by atoms with van der Waals surface area (Å²) in [6, 6.07) is 17.6. The third-order valence-corrected chi connectivity index (χ3v) is 8.81. The number of anilines is 1. The van der Waals surface area contributed by atoms with E-state index in [0.717, 1.165) is 15.8 Å². The van der Waals surface area contributed by atoms with Gasteiger partial charge in [-0.05, 0) is 59.7 Å². The van der Waals surface area contributed by atoms with Gasteiger partial charge in [-0.3, -0.25) is 14.9 Å². The van der Waals surface area contributed by atoms with E-state index < -0.39 is 18.0 Å². The molecule has 1 fully saturated rings. The number of carbonyl (C=O) groups excluding carboxylic acids is 2. The summed E-state index contributed by atoms with van der Waals surface area (Å²) in [6.07, 6.45) is 6.01. The van der Waals surface area contributed by atoms with Crippen LogP contribution in [0, 0.1) is 0 Å². The van der Waals surface area contributed by atoms with Gasteiger partial charge >= 0.3 is 12.0 Å². The zero-order chi connectivity index (χ0) is 29.6. The van der Waals surface area contributed by atoms with E-state index in [2.05, 4.69) is 33.1 Å². The Bertz CT molecular complexity index is 1590. The second-order valence-electron chi connectivity index (χ2n) is 10.3. The number of fused-ring (bicyclic) bond motifs is 1. The molecule has 1 atom stereocenters. The number of urea groups is 1. The molecule has 5 rings (SSSR count). The third kappa shape index (κ3) is 7.40. The first-order chi connectivity index (χ1) is 20.3. The van der Waals surface area contributed by atoms with Gasteiger partial charge in [0.1, 0.15) is 5.52 Å². The Kier molecular flexibility index (Phi) is 9.62. The average molecular weight is 626 g/mol. The molecule has 1 aliphatic rings. The number of nitrogens with one attached hydrogen (secondary N) is 3. The number of carboxylic acids is 1. The highest BCUT2D eigenvalue weighted by atomic mass is 35.5. The van der Waals surface area contributed by atoms with Crippen molar-refractivity contribution in [2.24, 2.45) is 0 Å². The van der Waals surface area contributed by atoms with Crippen LogP contribution >= 0.6 is 34.5 Å². The minimum atomic E-state index is -0.981. The van der Waals surface area contributed by atoms with E-state index in [1.165, 1.54) is 49.0 Å². The number of aromatic nitrogens is 1. The zero-order valence-corrected chi connectivity index (χ0v) is 25.0. The van der Waals surface area contributed by atoms with Gasteiger partial charge in [-0.1, -0.05) is 90.2 Å². The fraction of sp³-hybridized carbons (Fsp3) is 0.290. The van der Waals surface area contributed by atoms with Gasteiger partial charge in [0.25, 0.3) is 5.91 Å². The van der Waals surface area contributed by atoms with Gasteiger partial charge in [-0.25, -0.2) is 9.78 Å². The van der Waals surface area contributed by atoms with Crippen molar-refractivity contribution in [2.45, 2.75) is 50.5 Å². The molecule has 1 saturated carbocycles. The maximum Gasteiger partial charge on any atom is 0.321 e. The molecule has 1 heterocycles. The smallest absolute Gasteiger partial charge is 0.321 e. The van der Waals surface area contributed by atoms with Crippen LogP contribution in [0.2, 0.25) is 10.0 Å². The van der Waals surface area contributed by atoms with Crippen LogP contribution in [0.3, 0.4) is 0 Å². The summed E-state index contributed by atoms with van der Waals surface area (Å²) in [5.74, 6) is -0.789. The lowest BCUT2D eigenvalue weighted by Crippen LogP contribution is -2.33. The summed E-state index contributed by atoms with van der Waals surface area (Å²) in [5.41, 5.74) is 3.93. The molecule has 0 radical (unpaired) electrons. The zero-order valence-electron chi connectivity index (χ0n) is 22.7. The molecular weight excluding hydrogens is 595 g/mol. The fourth-order valence-electron chi connectivity index (χ4n) is 5.24. The Morgan fingerprint density at radius 1 is 0.952 bits per heavy atom. The molecule has 1 aromatic heterocycles. The van der Waals surface area contributed by atoms with Crippen LogP contribution in [0.1, 0.15) is 77.5 Å². The predicted octanol–water partition coefficient (Wildman–Crippen LogP) is 7.77. The van der Waals surface area contributed by atoms with Gasteiger partial charge in [0.2, 0.25) is 0 Å². The Labute approximate surface area is 257 Å². The fourth-order valence-corrected chi connectivity index (χ4v) is 6.83. The number of hydrogen-bond acceptors (Lipinski definition) is 5. The third-order valence-electron chi connectivity index (χ3n) is 7.39. The van der Waals surface area contributed by atoms with Crippen molar-refractivity contribution < 1.29 is 19.5 Å². The Morgan fingerprint density at radius 2 is 1.62 bits per heavy atom. The van der Waals surface area contributed by atoms with Crippen LogP contribution in [-0.4, -0.2) is 34.5 Å². The number of benzene rings is 3. The Morgan fingerprint density at radius 3 is 2.29 bits per heavy atom. The second-order valence-corrected chi connectivity index (χ2v) is 12.2. The molecular formula is C31H30Cl2N4O4S. The second kappa shape index (κ2) is 13.5. The van der Waals surface area contributed by atoms with Crippen LogP contribution in [-0.2, 0) is 4.79 Å². The van der Waals surface area contributed by atoms with E-state index in [9.17, 15) is 14.4 Å². The lowest BCUT2D eigenvalue weighted by atomic mass is 9.83. The van der Waals surface area contributed by atoms with Gasteiger partial charge in [0.15, 0.2) is 5.13 Å². The highest BCUT2D eigenvalue weighted by molar-refractivity contribution is 7.22. The number of aliphatic carboxylic acids is 1. The topological polar surface area (TPSA) is 120 Å². The van der Waals surface area contributed by atoms with E-state index in [4.69, 9.17) is 28.3 Å². The van der Waals surface area contributed by atoms with Gasteiger partial charge in [-0.2, -0.15) is 0 Å². The van der Waals surface area contributed by atoms with E-state index >= 15 is 0 Å². The van der Waals surface area contributed by atoms with E-state index in [0.29, 0.717) is 32.2 Å². The molecule has 4 N–H and O–H groups in total. The van der Waals surface area contributed by atoms with Crippen LogP contribution in [0.25, 0.3) is 10.2 Å². The summed E-state index contributed by atoms with van der Waals surface area (Å²) >= 11 is 13.7. The van der Waals surface area contributed by atoms with Gasteiger partial charge in [0, 0.05) is 17.1 Å². The van der Waals surface area contributed by atoms with Crippen molar-refractivity contribution >= 4 is 67.8 Å². The lowest BCUT2D eigenvalue weighted by molar-refractivity contribution is -0.136. The molecule has 11 heteroatoms. The maximum absolute atomic E-state index is 13.2. The molecule has 4 aromatic rings. The predicted molar refractivity (Wildman–Crippen MR) is 167 cm³/mol. The first-order valence-electron chi connectivity index (χ1n) is 13.8. The molecule has 1 aliphatic carbocycles. The first-order valence-corrected chi connectivity index (χ1v) is 15.4. The van der Waals surface area contributed by atoms with Crippen molar-refractivity contribution in [3.63, 3.8) is 0 Å².